The molecule has 3 aliphatic rings. The Morgan fingerprint density at radius 2 is 1.85 bits per heavy atom. The number of nitrogens with two attached hydrogens (primary N) is 1. The average molecular weight is 444 g/mol. The van der Waals surface area contributed by atoms with Crippen molar-refractivity contribution in [2.75, 3.05) is 25.5 Å². The Labute approximate surface area is 195 Å². The number of ether oxygens (including phenoxy) is 1. The van der Waals surface area contributed by atoms with Crippen LogP contribution in [0.2, 0.25) is 0 Å². The van der Waals surface area contributed by atoms with Crippen molar-refractivity contribution in [2.45, 2.75) is 63.5 Å². The maximum atomic E-state index is 6.37. The van der Waals surface area contributed by atoms with Crippen molar-refractivity contribution in [3.05, 3.63) is 53.5 Å². The lowest BCUT2D eigenvalue weighted by Crippen LogP contribution is -2.19. The summed E-state index contributed by atoms with van der Waals surface area (Å²) in [6.45, 7) is 3.83. The van der Waals surface area contributed by atoms with Gasteiger partial charge in [-0.25, -0.2) is 4.98 Å². The van der Waals surface area contributed by atoms with E-state index in [0.29, 0.717) is 17.8 Å². The minimum Gasteiger partial charge on any atom is -0.383 e. The molecule has 2 aromatic heterocycles. The summed E-state index contributed by atoms with van der Waals surface area (Å²) >= 11 is 0. The molecule has 5 heterocycles. The zero-order chi connectivity index (χ0) is 22.2. The van der Waals surface area contributed by atoms with Crippen LogP contribution in [-0.2, 0) is 17.7 Å². The van der Waals surface area contributed by atoms with Crippen LogP contribution in [0.5, 0.6) is 0 Å². The maximum Gasteiger partial charge on any atom is 0.131 e. The van der Waals surface area contributed by atoms with E-state index in [0.717, 1.165) is 62.3 Å². The van der Waals surface area contributed by atoms with E-state index in [1.54, 1.807) is 0 Å². The fraction of sp³-hybridized carbons (Fsp3) is 0.481. The normalized spacial score (nSPS) is 21.3. The summed E-state index contributed by atoms with van der Waals surface area (Å²) in [7, 11) is 0. The van der Waals surface area contributed by atoms with Gasteiger partial charge in [0.1, 0.15) is 5.82 Å². The van der Waals surface area contributed by atoms with Gasteiger partial charge in [-0.2, -0.15) is 5.10 Å². The first-order valence-corrected chi connectivity index (χ1v) is 12.5. The van der Waals surface area contributed by atoms with Crippen LogP contribution in [0.25, 0.3) is 22.3 Å². The number of nitrogens with one attached hydrogen (secondary N) is 1. The Morgan fingerprint density at radius 1 is 0.939 bits per heavy atom. The molecule has 6 nitrogen and oxygen atoms in total. The van der Waals surface area contributed by atoms with Crippen LogP contribution in [0.4, 0.5) is 5.82 Å². The lowest BCUT2D eigenvalue weighted by molar-refractivity contribution is 0.0851. The van der Waals surface area contributed by atoms with Gasteiger partial charge in [-0.1, -0.05) is 12.1 Å². The number of hydrogen-bond donors (Lipinski definition) is 2. The number of fused-ring (bicyclic) bond motifs is 1. The molecular weight excluding hydrogens is 410 g/mol. The van der Waals surface area contributed by atoms with Gasteiger partial charge in [0.2, 0.25) is 0 Å². The van der Waals surface area contributed by atoms with Gasteiger partial charge >= 0.3 is 0 Å². The molecule has 0 amide bonds. The Balaban J connectivity index is 1.40. The Bertz CT molecular complexity index is 1140. The molecule has 6 rings (SSSR count). The quantitative estimate of drug-likeness (QED) is 0.603. The molecule has 6 heteroatoms. The number of nitrogens with zero attached hydrogens (tertiary/aromatic N) is 3. The van der Waals surface area contributed by atoms with Gasteiger partial charge in [0.15, 0.2) is 0 Å². The minimum absolute atomic E-state index is 0.437. The molecule has 3 aliphatic heterocycles. The Kier molecular flexibility index (Phi) is 5.64. The van der Waals surface area contributed by atoms with Crippen molar-refractivity contribution in [1.29, 1.82) is 0 Å². The fourth-order valence-corrected chi connectivity index (χ4v) is 5.88. The SMILES string of the molecule is Nc1ncc(-c2ccc(C3CCOCC3)c([C@@H]3CCCN3)c2)cc1-c1cnn2c1CCCC2. The number of hydrogen-bond acceptors (Lipinski definition) is 5. The van der Waals surface area contributed by atoms with Gasteiger partial charge in [-0.05, 0) is 86.2 Å². The summed E-state index contributed by atoms with van der Waals surface area (Å²) in [4.78, 5) is 4.61. The van der Waals surface area contributed by atoms with E-state index in [1.165, 1.54) is 48.1 Å². The summed E-state index contributed by atoms with van der Waals surface area (Å²) in [6, 6.07) is 9.68. The second-order valence-corrected chi connectivity index (χ2v) is 9.72. The van der Waals surface area contributed by atoms with Gasteiger partial charge in [-0.15, -0.1) is 0 Å². The van der Waals surface area contributed by atoms with Crippen molar-refractivity contribution >= 4 is 5.82 Å². The molecule has 2 saturated heterocycles. The summed E-state index contributed by atoms with van der Waals surface area (Å²) in [5, 5.41) is 8.35. The number of pyridine rings is 1. The minimum atomic E-state index is 0.437. The predicted octanol–water partition coefficient (Wildman–Crippen LogP) is 4.85. The van der Waals surface area contributed by atoms with Crippen molar-refractivity contribution in [2.24, 2.45) is 0 Å². The van der Waals surface area contributed by atoms with Crippen LogP contribution in [-0.4, -0.2) is 34.5 Å². The average Bonchev–Trinajstić information content (AvgIpc) is 3.55. The van der Waals surface area contributed by atoms with Crippen LogP contribution in [0.15, 0.2) is 36.7 Å². The lowest BCUT2D eigenvalue weighted by atomic mass is 9.84. The maximum absolute atomic E-state index is 6.37. The first-order valence-electron chi connectivity index (χ1n) is 12.5. The van der Waals surface area contributed by atoms with Crippen molar-refractivity contribution < 1.29 is 4.74 Å². The van der Waals surface area contributed by atoms with Crippen molar-refractivity contribution in [3.63, 3.8) is 0 Å². The monoisotopic (exact) mass is 443 g/mol. The van der Waals surface area contributed by atoms with E-state index in [-0.39, 0.29) is 0 Å². The zero-order valence-electron chi connectivity index (χ0n) is 19.2. The lowest BCUT2D eigenvalue weighted by Gasteiger charge is -2.27. The molecule has 0 unspecified atom stereocenters. The largest absolute Gasteiger partial charge is 0.383 e. The van der Waals surface area contributed by atoms with Crippen LogP contribution >= 0.6 is 0 Å². The van der Waals surface area contributed by atoms with E-state index in [1.807, 2.05) is 12.4 Å². The third kappa shape index (κ3) is 3.96. The first kappa shape index (κ1) is 20.9. The highest BCUT2D eigenvalue weighted by molar-refractivity contribution is 5.80. The molecule has 3 N–H and O–H groups in total. The highest BCUT2D eigenvalue weighted by atomic mass is 16.5. The number of nitrogen functional groups attached to an aromatic ring is 1. The second kappa shape index (κ2) is 8.92. The third-order valence-corrected chi connectivity index (χ3v) is 7.71. The number of benzene rings is 1. The Morgan fingerprint density at radius 3 is 2.70 bits per heavy atom. The number of aromatic nitrogens is 3. The summed E-state index contributed by atoms with van der Waals surface area (Å²) in [6.07, 6.45) is 12.0. The molecule has 1 aromatic carbocycles. The van der Waals surface area contributed by atoms with Gasteiger partial charge in [0.25, 0.3) is 0 Å². The molecule has 0 saturated carbocycles. The summed E-state index contributed by atoms with van der Waals surface area (Å²) in [5.41, 5.74) is 15.1. The first-order chi connectivity index (χ1) is 16.3. The zero-order valence-corrected chi connectivity index (χ0v) is 19.2. The van der Waals surface area contributed by atoms with Crippen molar-refractivity contribution in [1.82, 2.24) is 20.1 Å². The van der Waals surface area contributed by atoms with Crippen LogP contribution in [0.1, 0.15) is 67.3 Å². The molecule has 0 bridgehead atoms. The van der Waals surface area contributed by atoms with Gasteiger partial charge in [-0.3, -0.25) is 4.68 Å². The van der Waals surface area contributed by atoms with Crippen LogP contribution in [0, 0.1) is 0 Å². The molecule has 33 heavy (non-hydrogen) atoms. The highest BCUT2D eigenvalue weighted by Crippen LogP contribution is 2.39. The van der Waals surface area contributed by atoms with Crippen molar-refractivity contribution in [3.8, 4) is 22.3 Å². The molecule has 172 valence electrons. The van der Waals surface area contributed by atoms with E-state index in [2.05, 4.69) is 44.3 Å². The molecule has 3 aromatic rings. The number of aryl methyl sites for hydroxylation is 1. The highest BCUT2D eigenvalue weighted by Gasteiger charge is 2.25. The summed E-state index contributed by atoms with van der Waals surface area (Å²) < 4.78 is 7.77. The predicted molar refractivity (Wildman–Crippen MR) is 131 cm³/mol. The molecule has 0 aliphatic carbocycles. The molecular formula is C27H33N5O. The van der Waals surface area contributed by atoms with Crippen LogP contribution < -0.4 is 11.1 Å². The molecule has 2 fully saturated rings. The number of rotatable bonds is 4. The van der Waals surface area contributed by atoms with E-state index < -0.39 is 0 Å². The molecule has 0 radical (unpaired) electrons. The van der Waals surface area contributed by atoms with Gasteiger partial charge in [0, 0.05) is 54.4 Å². The number of anilines is 1. The standard InChI is InChI=1S/C27H33N5O/c28-27-23(24-17-31-32-11-2-1-5-26(24)32)15-20(16-30-27)19-6-7-21(18-8-12-33-13-9-18)22(14-19)25-4-3-10-29-25/h6-7,14-18,25,29H,1-5,8-13H2,(H2,28,30)/t25-/m0/s1. The summed E-state index contributed by atoms with van der Waals surface area (Å²) in [5.74, 6) is 1.17. The molecule has 1 atom stereocenters. The van der Waals surface area contributed by atoms with Crippen LogP contribution in [0.3, 0.4) is 0 Å². The van der Waals surface area contributed by atoms with E-state index in [9.17, 15) is 0 Å². The van der Waals surface area contributed by atoms with Gasteiger partial charge < -0.3 is 15.8 Å². The fourth-order valence-electron chi connectivity index (χ4n) is 5.88. The van der Waals surface area contributed by atoms with E-state index >= 15 is 0 Å². The second-order valence-electron chi connectivity index (χ2n) is 9.72. The van der Waals surface area contributed by atoms with E-state index in [4.69, 9.17) is 10.5 Å². The topological polar surface area (TPSA) is 78.0 Å². The van der Waals surface area contributed by atoms with Gasteiger partial charge in [0.05, 0.1) is 6.20 Å². The molecule has 0 spiro atoms. The smallest absolute Gasteiger partial charge is 0.131 e. The Hall–Kier alpha value is -2.70. The third-order valence-electron chi connectivity index (χ3n) is 7.71.